The molecule has 0 aliphatic carbocycles. The molecule has 15 heavy (non-hydrogen) atoms. The fourth-order valence-corrected chi connectivity index (χ4v) is 1.72. The molecule has 0 aliphatic rings. The van der Waals surface area contributed by atoms with Crippen molar-refractivity contribution in [2.45, 2.75) is 6.92 Å². The Morgan fingerprint density at radius 1 is 1.47 bits per heavy atom. The topological polar surface area (TPSA) is 42.9 Å². The lowest BCUT2D eigenvalue weighted by Gasteiger charge is -2.01. The van der Waals surface area contributed by atoms with Crippen LogP contribution in [0.1, 0.15) is 21.6 Å². The van der Waals surface area contributed by atoms with Gasteiger partial charge >= 0.3 is 0 Å². The Kier molecular flexibility index (Phi) is 2.55. The highest BCUT2D eigenvalue weighted by Crippen LogP contribution is 2.14. The summed E-state index contributed by atoms with van der Waals surface area (Å²) in [6.45, 7) is 1.69. The first-order chi connectivity index (χ1) is 7.18. The average molecular weight is 222 g/mol. The molecule has 2 aromatic rings. The van der Waals surface area contributed by atoms with Crippen LogP contribution in [0.25, 0.3) is 0 Å². The molecule has 0 N–H and O–H groups in total. The Balaban J connectivity index is 2.42. The standard InChI is InChI=1S/C10H7FN2OS/c1-6-4-7(11)2-3-8(6)10(14)9-5-15-13-12-9/h2-5H,1H3. The number of ketones is 1. The number of aromatic nitrogens is 2. The van der Waals surface area contributed by atoms with Crippen LogP contribution in [0.15, 0.2) is 23.6 Å². The summed E-state index contributed by atoms with van der Waals surface area (Å²) in [5.41, 5.74) is 1.37. The monoisotopic (exact) mass is 222 g/mol. The second-order valence-electron chi connectivity index (χ2n) is 3.08. The lowest BCUT2D eigenvalue weighted by atomic mass is 10.0. The molecule has 0 fully saturated rings. The molecule has 0 saturated carbocycles. The lowest BCUT2D eigenvalue weighted by molar-refractivity contribution is 0.103. The van der Waals surface area contributed by atoms with Crippen molar-refractivity contribution in [1.82, 2.24) is 9.59 Å². The van der Waals surface area contributed by atoms with E-state index < -0.39 is 0 Å². The highest BCUT2D eigenvalue weighted by Gasteiger charge is 2.14. The molecule has 0 saturated heterocycles. The van der Waals surface area contributed by atoms with Gasteiger partial charge in [-0.25, -0.2) is 4.39 Å². The van der Waals surface area contributed by atoms with Crippen LogP contribution in [0.4, 0.5) is 4.39 Å². The fraction of sp³-hybridized carbons (Fsp3) is 0.100. The van der Waals surface area contributed by atoms with E-state index in [0.29, 0.717) is 16.8 Å². The van der Waals surface area contributed by atoms with Gasteiger partial charge in [0.2, 0.25) is 5.78 Å². The van der Waals surface area contributed by atoms with Crippen LogP contribution in [0.5, 0.6) is 0 Å². The van der Waals surface area contributed by atoms with Crippen molar-refractivity contribution in [3.8, 4) is 0 Å². The van der Waals surface area contributed by atoms with Crippen LogP contribution < -0.4 is 0 Å². The van der Waals surface area contributed by atoms with Crippen LogP contribution in [-0.2, 0) is 0 Å². The van der Waals surface area contributed by atoms with E-state index in [1.165, 1.54) is 18.2 Å². The van der Waals surface area contributed by atoms with E-state index in [1.54, 1.807) is 12.3 Å². The third-order valence-electron chi connectivity index (χ3n) is 2.03. The van der Waals surface area contributed by atoms with E-state index in [-0.39, 0.29) is 11.6 Å². The second kappa shape index (κ2) is 3.86. The minimum atomic E-state index is -0.347. The number of carbonyl (C=O) groups excluding carboxylic acids is 1. The van der Waals surface area contributed by atoms with Gasteiger partial charge in [0.1, 0.15) is 11.5 Å². The molecule has 5 heteroatoms. The van der Waals surface area contributed by atoms with Crippen molar-refractivity contribution in [2.75, 3.05) is 0 Å². The van der Waals surface area contributed by atoms with E-state index in [9.17, 15) is 9.18 Å². The van der Waals surface area contributed by atoms with Crippen LogP contribution in [0.3, 0.4) is 0 Å². The van der Waals surface area contributed by atoms with Crippen LogP contribution in [-0.4, -0.2) is 15.4 Å². The van der Waals surface area contributed by atoms with Crippen molar-refractivity contribution in [3.63, 3.8) is 0 Å². The predicted octanol–water partition coefficient (Wildman–Crippen LogP) is 2.22. The molecule has 1 heterocycles. The van der Waals surface area contributed by atoms with E-state index in [4.69, 9.17) is 0 Å². The molecule has 0 amide bonds. The predicted molar refractivity (Wildman–Crippen MR) is 54.5 cm³/mol. The summed E-state index contributed by atoms with van der Waals surface area (Å²) in [5.74, 6) is -0.568. The molecular formula is C10H7FN2OS. The van der Waals surface area contributed by atoms with Crippen molar-refractivity contribution in [2.24, 2.45) is 0 Å². The molecule has 3 nitrogen and oxygen atoms in total. The first-order valence-electron chi connectivity index (χ1n) is 4.26. The third-order valence-corrected chi connectivity index (χ3v) is 2.53. The molecule has 0 spiro atoms. The van der Waals surface area contributed by atoms with Gasteiger partial charge in [-0.1, -0.05) is 4.49 Å². The van der Waals surface area contributed by atoms with Crippen LogP contribution >= 0.6 is 11.5 Å². The summed E-state index contributed by atoms with van der Waals surface area (Å²) < 4.78 is 16.4. The van der Waals surface area contributed by atoms with Crippen molar-refractivity contribution in [1.29, 1.82) is 0 Å². The largest absolute Gasteiger partial charge is 0.287 e. The molecule has 0 unspecified atom stereocenters. The molecule has 0 radical (unpaired) electrons. The number of benzene rings is 1. The number of aryl methyl sites for hydroxylation is 1. The summed E-state index contributed by atoms with van der Waals surface area (Å²) in [4.78, 5) is 11.8. The average Bonchev–Trinajstić information content (AvgIpc) is 2.69. The summed E-state index contributed by atoms with van der Waals surface area (Å²) >= 11 is 1.12. The summed E-state index contributed by atoms with van der Waals surface area (Å²) in [5, 5.41) is 5.26. The van der Waals surface area contributed by atoms with Gasteiger partial charge in [-0.3, -0.25) is 4.79 Å². The molecule has 1 aromatic carbocycles. The van der Waals surface area contributed by atoms with Gasteiger partial charge in [0.15, 0.2) is 0 Å². The first kappa shape index (κ1) is 9.92. The maximum atomic E-state index is 12.8. The lowest BCUT2D eigenvalue weighted by Crippen LogP contribution is -2.04. The number of rotatable bonds is 2. The van der Waals surface area contributed by atoms with Gasteiger partial charge < -0.3 is 0 Å². The Labute approximate surface area is 89.7 Å². The smallest absolute Gasteiger partial charge is 0.214 e. The van der Waals surface area contributed by atoms with Crippen LogP contribution in [0, 0.1) is 12.7 Å². The Morgan fingerprint density at radius 2 is 2.27 bits per heavy atom. The highest BCUT2D eigenvalue weighted by molar-refractivity contribution is 7.03. The van der Waals surface area contributed by atoms with Gasteiger partial charge in [0, 0.05) is 10.9 Å². The normalized spacial score (nSPS) is 10.3. The number of hydrogen-bond acceptors (Lipinski definition) is 4. The zero-order chi connectivity index (χ0) is 10.8. The molecule has 76 valence electrons. The van der Waals surface area contributed by atoms with E-state index in [0.717, 1.165) is 11.5 Å². The van der Waals surface area contributed by atoms with E-state index in [2.05, 4.69) is 9.59 Å². The minimum absolute atomic E-state index is 0.221. The quantitative estimate of drug-likeness (QED) is 0.732. The third kappa shape index (κ3) is 1.92. The zero-order valence-electron chi connectivity index (χ0n) is 7.90. The van der Waals surface area contributed by atoms with Gasteiger partial charge in [0.25, 0.3) is 0 Å². The maximum Gasteiger partial charge on any atom is 0.214 e. The van der Waals surface area contributed by atoms with Gasteiger partial charge in [0.05, 0.1) is 0 Å². The van der Waals surface area contributed by atoms with Crippen molar-refractivity contribution >= 4 is 17.3 Å². The van der Waals surface area contributed by atoms with E-state index >= 15 is 0 Å². The van der Waals surface area contributed by atoms with E-state index in [1.807, 2.05) is 0 Å². The Hall–Kier alpha value is -1.62. The van der Waals surface area contributed by atoms with Crippen molar-refractivity contribution < 1.29 is 9.18 Å². The molecule has 0 atom stereocenters. The summed E-state index contributed by atoms with van der Waals surface area (Å²) in [6.07, 6.45) is 0. The maximum absolute atomic E-state index is 12.8. The Morgan fingerprint density at radius 3 is 2.87 bits per heavy atom. The number of carbonyl (C=O) groups is 1. The molecule has 1 aromatic heterocycles. The zero-order valence-corrected chi connectivity index (χ0v) is 8.71. The highest BCUT2D eigenvalue weighted by atomic mass is 32.1. The molecule has 0 aliphatic heterocycles. The number of hydrogen-bond donors (Lipinski definition) is 0. The minimum Gasteiger partial charge on any atom is -0.287 e. The fourth-order valence-electron chi connectivity index (χ4n) is 1.28. The Bertz CT molecular complexity index is 496. The van der Waals surface area contributed by atoms with Crippen molar-refractivity contribution in [3.05, 3.63) is 46.2 Å². The number of nitrogens with zero attached hydrogens (tertiary/aromatic N) is 2. The summed E-state index contributed by atoms with van der Waals surface area (Å²) in [7, 11) is 0. The molecule has 2 rings (SSSR count). The van der Waals surface area contributed by atoms with Crippen LogP contribution in [0.2, 0.25) is 0 Å². The van der Waals surface area contributed by atoms with Gasteiger partial charge in [-0.2, -0.15) is 0 Å². The first-order valence-corrected chi connectivity index (χ1v) is 5.10. The van der Waals surface area contributed by atoms with Gasteiger partial charge in [-0.15, -0.1) is 5.10 Å². The summed E-state index contributed by atoms with van der Waals surface area (Å²) in [6, 6.07) is 4.05. The molecule has 0 bridgehead atoms. The molecular weight excluding hydrogens is 215 g/mol. The second-order valence-corrected chi connectivity index (χ2v) is 3.69. The number of halogens is 1. The van der Waals surface area contributed by atoms with Gasteiger partial charge in [-0.05, 0) is 42.2 Å². The SMILES string of the molecule is Cc1cc(F)ccc1C(=O)c1csnn1.